The van der Waals surface area contributed by atoms with Crippen LogP contribution in [0, 0.1) is 0 Å². The monoisotopic (exact) mass is 345 g/mol. The predicted molar refractivity (Wildman–Crippen MR) is 96.0 cm³/mol. The van der Waals surface area contributed by atoms with Gasteiger partial charge in [0.1, 0.15) is 0 Å². The van der Waals surface area contributed by atoms with Crippen LogP contribution in [0.15, 0.2) is 24.3 Å². The average molecular weight is 345 g/mol. The number of carbonyl (C=O) groups is 2. The number of hydrogen-bond donors (Lipinski definition) is 1. The maximum atomic E-state index is 13.3. The third-order valence-corrected chi connectivity index (χ3v) is 5.53. The molecule has 3 rings (SSSR count). The van der Waals surface area contributed by atoms with Crippen LogP contribution in [0.4, 0.5) is 5.69 Å². The average Bonchev–Trinajstić information content (AvgIpc) is 2.64. The first kappa shape index (κ1) is 17.9. The van der Waals surface area contributed by atoms with Gasteiger partial charge in [-0.25, -0.2) is 0 Å². The molecule has 2 aliphatic rings. The smallest absolute Gasteiger partial charge is 0.239 e. The number of nitrogens with two attached hydrogens (primary N) is 1. The minimum Gasteiger partial charge on any atom is -0.399 e. The first-order valence-corrected chi connectivity index (χ1v) is 9.08. The number of benzene rings is 1. The molecule has 2 fully saturated rings. The number of imide groups is 1. The number of morpholine rings is 1. The first-order valence-electron chi connectivity index (χ1n) is 9.08. The lowest BCUT2D eigenvalue weighted by molar-refractivity contribution is -0.154. The van der Waals surface area contributed by atoms with Crippen molar-refractivity contribution in [2.45, 2.75) is 31.6 Å². The number of piperidine rings is 1. The van der Waals surface area contributed by atoms with Crippen molar-refractivity contribution in [2.24, 2.45) is 0 Å². The zero-order valence-corrected chi connectivity index (χ0v) is 14.9. The van der Waals surface area contributed by atoms with Crippen LogP contribution < -0.4 is 5.73 Å². The number of ether oxygens (including phenoxy) is 1. The lowest BCUT2D eigenvalue weighted by Crippen LogP contribution is -2.55. The molecule has 0 saturated carbocycles. The van der Waals surface area contributed by atoms with Crippen molar-refractivity contribution in [3.63, 3.8) is 0 Å². The van der Waals surface area contributed by atoms with Crippen LogP contribution in [0.3, 0.4) is 0 Å². The van der Waals surface area contributed by atoms with Crippen LogP contribution in [0.1, 0.15) is 31.7 Å². The van der Waals surface area contributed by atoms with Crippen molar-refractivity contribution in [1.82, 2.24) is 9.80 Å². The Balaban J connectivity index is 1.77. The largest absolute Gasteiger partial charge is 0.399 e. The van der Waals surface area contributed by atoms with Gasteiger partial charge in [-0.05, 0) is 30.5 Å². The summed E-state index contributed by atoms with van der Waals surface area (Å²) < 4.78 is 5.35. The number of likely N-dealkylation sites (tertiary alicyclic amines) is 1. The lowest BCUT2D eigenvalue weighted by atomic mass is 9.71. The Labute approximate surface area is 148 Å². The number of hydrogen-bond acceptors (Lipinski definition) is 5. The molecule has 0 aromatic heterocycles. The highest BCUT2D eigenvalue weighted by Gasteiger charge is 2.46. The van der Waals surface area contributed by atoms with E-state index in [1.54, 1.807) is 0 Å². The molecule has 6 heteroatoms. The molecule has 136 valence electrons. The summed E-state index contributed by atoms with van der Waals surface area (Å²) in [6, 6.07) is 7.50. The van der Waals surface area contributed by atoms with Gasteiger partial charge in [-0.2, -0.15) is 0 Å². The van der Waals surface area contributed by atoms with E-state index >= 15 is 0 Å². The molecule has 2 aliphatic heterocycles. The van der Waals surface area contributed by atoms with Gasteiger partial charge in [0.25, 0.3) is 0 Å². The topological polar surface area (TPSA) is 75.9 Å². The molecule has 1 aromatic carbocycles. The molecule has 2 N–H and O–H groups in total. The second kappa shape index (κ2) is 7.54. The van der Waals surface area contributed by atoms with Gasteiger partial charge in [0, 0.05) is 38.3 Å². The molecule has 2 amide bonds. The number of nitrogens with zero attached hydrogens (tertiary/aromatic N) is 2. The summed E-state index contributed by atoms with van der Waals surface area (Å²) >= 11 is 0. The highest BCUT2D eigenvalue weighted by molar-refractivity contribution is 6.03. The van der Waals surface area contributed by atoms with Crippen molar-refractivity contribution in [3.05, 3.63) is 29.8 Å². The molecule has 6 nitrogen and oxygen atoms in total. The second-order valence-corrected chi connectivity index (χ2v) is 6.86. The molecule has 0 radical (unpaired) electrons. The van der Waals surface area contributed by atoms with E-state index in [0.717, 1.165) is 18.7 Å². The van der Waals surface area contributed by atoms with Gasteiger partial charge >= 0.3 is 0 Å². The van der Waals surface area contributed by atoms with Crippen LogP contribution in [-0.4, -0.2) is 61.0 Å². The lowest BCUT2D eigenvalue weighted by Gasteiger charge is -2.41. The zero-order chi connectivity index (χ0) is 17.9. The molecule has 1 unspecified atom stereocenters. The Morgan fingerprint density at radius 1 is 1.12 bits per heavy atom. The fraction of sp³-hybridized carbons (Fsp3) is 0.579. The summed E-state index contributed by atoms with van der Waals surface area (Å²) in [5, 5.41) is 0. The fourth-order valence-electron chi connectivity index (χ4n) is 3.83. The van der Waals surface area contributed by atoms with Crippen molar-refractivity contribution >= 4 is 17.5 Å². The number of amides is 2. The maximum Gasteiger partial charge on any atom is 0.239 e. The van der Waals surface area contributed by atoms with Gasteiger partial charge in [0.2, 0.25) is 11.8 Å². The van der Waals surface area contributed by atoms with Gasteiger partial charge in [0.15, 0.2) is 0 Å². The van der Waals surface area contributed by atoms with Gasteiger partial charge in [-0.3, -0.25) is 19.4 Å². The highest BCUT2D eigenvalue weighted by atomic mass is 16.5. The summed E-state index contributed by atoms with van der Waals surface area (Å²) in [7, 11) is 0. The predicted octanol–water partition coefficient (Wildman–Crippen LogP) is 1.40. The summed E-state index contributed by atoms with van der Waals surface area (Å²) in [6.45, 7) is 6.32. The number of nitrogen functional groups attached to an aromatic ring is 1. The summed E-state index contributed by atoms with van der Waals surface area (Å²) in [5.74, 6) is -0.123. The van der Waals surface area contributed by atoms with E-state index in [0.29, 0.717) is 51.3 Å². The maximum absolute atomic E-state index is 13.3. The van der Waals surface area contributed by atoms with E-state index < -0.39 is 5.41 Å². The number of anilines is 1. The van der Waals surface area contributed by atoms with Gasteiger partial charge < -0.3 is 10.5 Å². The molecule has 2 heterocycles. The SMILES string of the molecule is CCC1(c2ccc(N)cc2)CCC(=O)N(CCN2CCOCC2)C1=O. The Hall–Kier alpha value is -1.92. The van der Waals surface area contributed by atoms with Crippen LogP contribution in [-0.2, 0) is 19.7 Å². The van der Waals surface area contributed by atoms with E-state index in [1.165, 1.54) is 4.90 Å². The molecule has 2 saturated heterocycles. The Morgan fingerprint density at radius 2 is 1.80 bits per heavy atom. The van der Waals surface area contributed by atoms with Crippen LogP contribution in [0.2, 0.25) is 0 Å². The zero-order valence-electron chi connectivity index (χ0n) is 14.9. The van der Waals surface area contributed by atoms with Crippen LogP contribution in [0.5, 0.6) is 0 Å². The molecule has 25 heavy (non-hydrogen) atoms. The van der Waals surface area contributed by atoms with Gasteiger partial charge in [-0.15, -0.1) is 0 Å². The molecule has 1 aromatic rings. The third kappa shape index (κ3) is 3.55. The van der Waals surface area contributed by atoms with E-state index in [9.17, 15) is 9.59 Å². The Morgan fingerprint density at radius 3 is 2.44 bits per heavy atom. The standard InChI is InChI=1S/C19H27N3O3/c1-2-19(15-3-5-16(20)6-4-15)8-7-17(23)22(18(19)24)10-9-21-11-13-25-14-12-21/h3-6H,2,7-14,20H2,1H3. The molecule has 0 aliphatic carbocycles. The van der Waals surface area contributed by atoms with E-state index in [2.05, 4.69) is 4.90 Å². The molecular formula is C19H27N3O3. The van der Waals surface area contributed by atoms with Crippen molar-refractivity contribution in [1.29, 1.82) is 0 Å². The van der Waals surface area contributed by atoms with Gasteiger partial charge in [-0.1, -0.05) is 19.1 Å². The molecule has 0 bridgehead atoms. The normalized spacial score (nSPS) is 25.4. The quantitative estimate of drug-likeness (QED) is 0.645. The van der Waals surface area contributed by atoms with Gasteiger partial charge in [0.05, 0.1) is 18.6 Å². The van der Waals surface area contributed by atoms with Crippen LogP contribution in [0.25, 0.3) is 0 Å². The van der Waals surface area contributed by atoms with Crippen molar-refractivity contribution in [3.8, 4) is 0 Å². The minimum absolute atomic E-state index is 0.0576. The van der Waals surface area contributed by atoms with E-state index in [-0.39, 0.29) is 11.8 Å². The molecule has 1 atom stereocenters. The summed E-state index contributed by atoms with van der Waals surface area (Å²) in [5.41, 5.74) is 6.81. The third-order valence-electron chi connectivity index (χ3n) is 5.53. The molecule has 0 spiro atoms. The summed E-state index contributed by atoms with van der Waals surface area (Å²) in [6.07, 6.45) is 1.66. The fourth-order valence-corrected chi connectivity index (χ4v) is 3.83. The Kier molecular flexibility index (Phi) is 5.39. The highest BCUT2D eigenvalue weighted by Crippen LogP contribution is 2.39. The Bertz CT molecular complexity index is 625. The minimum atomic E-state index is -0.618. The van der Waals surface area contributed by atoms with Crippen molar-refractivity contribution < 1.29 is 14.3 Å². The number of carbonyl (C=O) groups excluding carboxylic acids is 2. The number of rotatable bonds is 5. The summed E-state index contributed by atoms with van der Waals surface area (Å²) in [4.78, 5) is 29.4. The second-order valence-electron chi connectivity index (χ2n) is 6.86. The van der Waals surface area contributed by atoms with E-state index in [1.807, 2.05) is 31.2 Å². The first-order chi connectivity index (χ1) is 12.1. The van der Waals surface area contributed by atoms with Crippen LogP contribution >= 0.6 is 0 Å². The molecular weight excluding hydrogens is 318 g/mol. The van der Waals surface area contributed by atoms with Crippen molar-refractivity contribution in [2.75, 3.05) is 45.1 Å². The van der Waals surface area contributed by atoms with E-state index in [4.69, 9.17) is 10.5 Å².